The summed E-state index contributed by atoms with van der Waals surface area (Å²) < 4.78 is 4.70. The standard InChI is InChI=1S/C11H10O3/c1-9(12)7-8-14-11(13)10-5-3-2-4-6-10/h2-8H,1H3/b8-7+. The van der Waals surface area contributed by atoms with Crippen molar-refractivity contribution in [2.24, 2.45) is 0 Å². The molecule has 0 N–H and O–H groups in total. The number of ketones is 1. The maximum absolute atomic E-state index is 11.2. The van der Waals surface area contributed by atoms with Crippen LogP contribution in [0.3, 0.4) is 0 Å². The summed E-state index contributed by atoms with van der Waals surface area (Å²) in [4.78, 5) is 21.7. The molecule has 14 heavy (non-hydrogen) atoms. The second-order valence-electron chi connectivity index (χ2n) is 2.68. The number of carbonyl (C=O) groups is 2. The summed E-state index contributed by atoms with van der Waals surface area (Å²) in [7, 11) is 0. The van der Waals surface area contributed by atoms with E-state index in [0.29, 0.717) is 5.56 Å². The van der Waals surface area contributed by atoms with Crippen LogP contribution >= 0.6 is 0 Å². The molecule has 0 aliphatic heterocycles. The Hall–Kier alpha value is -1.90. The molecule has 0 amide bonds. The third kappa shape index (κ3) is 3.23. The van der Waals surface area contributed by atoms with Gasteiger partial charge in [-0.3, -0.25) is 4.79 Å². The Morgan fingerprint density at radius 3 is 2.43 bits per heavy atom. The van der Waals surface area contributed by atoms with Crippen LogP contribution in [0, 0.1) is 0 Å². The van der Waals surface area contributed by atoms with Crippen LogP contribution in [0.15, 0.2) is 42.7 Å². The van der Waals surface area contributed by atoms with Gasteiger partial charge in [0.25, 0.3) is 0 Å². The predicted octanol–water partition coefficient (Wildman–Crippen LogP) is 1.95. The van der Waals surface area contributed by atoms with Gasteiger partial charge in [0.15, 0.2) is 5.78 Å². The zero-order chi connectivity index (χ0) is 10.4. The number of hydrogen-bond acceptors (Lipinski definition) is 3. The molecular formula is C11H10O3. The molecule has 72 valence electrons. The first-order chi connectivity index (χ1) is 6.70. The molecule has 0 heterocycles. The fourth-order valence-corrected chi connectivity index (χ4v) is 0.834. The Morgan fingerprint density at radius 1 is 1.21 bits per heavy atom. The van der Waals surface area contributed by atoms with Crippen LogP contribution in [0.2, 0.25) is 0 Å². The maximum Gasteiger partial charge on any atom is 0.342 e. The quantitative estimate of drug-likeness (QED) is 0.415. The highest BCUT2D eigenvalue weighted by Crippen LogP contribution is 2.00. The van der Waals surface area contributed by atoms with Crippen molar-refractivity contribution in [1.82, 2.24) is 0 Å². The lowest BCUT2D eigenvalue weighted by Crippen LogP contribution is -2.00. The first-order valence-corrected chi connectivity index (χ1v) is 4.13. The van der Waals surface area contributed by atoms with Crippen molar-refractivity contribution in [3.63, 3.8) is 0 Å². The summed E-state index contributed by atoms with van der Waals surface area (Å²) in [5.74, 6) is -0.631. The number of rotatable bonds is 3. The smallest absolute Gasteiger partial charge is 0.342 e. The van der Waals surface area contributed by atoms with Gasteiger partial charge in [-0.25, -0.2) is 4.79 Å². The highest BCUT2D eigenvalue weighted by atomic mass is 16.5. The molecule has 3 heteroatoms. The first-order valence-electron chi connectivity index (χ1n) is 4.13. The van der Waals surface area contributed by atoms with Crippen molar-refractivity contribution >= 4 is 11.8 Å². The Bertz CT molecular complexity index is 352. The van der Waals surface area contributed by atoms with Crippen molar-refractivity contribution in [3.05, 3.63) is 48.2 Å². The van der Waals surface area contributed by atoms with Gasteiger partial charge in [0.1, 0.15) is 0 Å². The Morgan fingerprint density at radius 2 is 1.86 bits per heavy atom. The van der Waals surface area contributed by atoms with E-state index in [0.717, 1.165) is 6.26 Å². The molecule has 0 saturated heterocycles. The van der Waals surface area contributed by atoms with Gasteiger partial charge >= 0.3 is 5.97 Å². The molecule has 1 aromatic carbocycles. The highest BCUT2D eigenvalue weighted by molar-refractivity contribution is 5.91. The second-order valence-corrected chi connectivity index (χ2v) is 2.68. The number of allylic oxidation sites excluding steroid dienone is 1. The Balaban J connectivity index is 2.56. The number of carbonyl (C=O) groups excluding carboxylic acids is 2. The molecule has 0 fully saturated rings. The van der Waals surface area contributed by atoms with Crippen molar-refractivity contribution in [2.75, 3.05) is 0 Å². The fraction of sp³-hybridized carbons (Fsp3) is 0.0909. The Kier molecular flexibility index (Phi) is 3.61. The van der Waals surface area contributed by atoms with E-state index >= 15 is 0 Å². The van der Waals surface area contributed by atoms with Gasteiger partial charge in [0.2, 0.25) is 0 Å². The van der Waals surface area contributed by atoms with Crippen LogP contribution in [0.25, 0.3) is 0 Å². The van der Waals surface area contributed by atoms with Crippen LogP contribution in [-0.2, 0) is 9.53 Å². The molecule has 0 aliphatic carbocycles. The largest absolute Gasteiger partial charge is 0.431 e. The van der Waals surface area contributed by atoms with E-state index in [1.54, 1.807) is 24.3 Å². The minimum absolute atomic E-state index is 0.161. The van der Waals surface area contributed by atoms with Gasteiger partial charge < -0.3 is 4.74 Å². The summed E-state index contributed by atoms with van der Waals surface area (Å²) in [6, 6.07) is 8.58. The minimum atomic E-state index is -0.469. The molecule has 0 unspecified atom stereocenters. The van der Waals surface area contributed by atoms with Crippen molar-refractivity contribution in [3.8, 4) is 0 Å². The fourth-order valence-electron chi connectivity index (χ4n) is 0.834. The maximum atomic E-state index is 11.2. The number of benzene rings is 1. The zero-order valence-corrected chi connectivity index (χ0v) is 7.77. The SMILES string of the molecule is CC(=O)/C=C/OC(=O)c1ccccc1. The van der Waals surface area contributed by atoms with Gasteiger partial charge in [-0.15, -0.1) is 0 Å². The summed E-state index contributed by atoms with van der Waals surface area (Å²) in [5.41, 5.74) is 0.459. The van der Waals surface area contributed by atoms with E-state index in [2.05, 4.69) is 0 Å². The van der Waals surface area contributed by atoms with Crippen molar-refractivity contribution < 1.29 is 14.3 Å². The van der Waals surface area contributed by atoms with Gasteiger partial charge in [-0.05, 0) is 19.1 Å². The summed E-state index contributed by atoms with van der Waals surface area (Å²) in [6.07, 6.45) is 2.29. The van der Waals surface area contributed by atoms with E-state index < -0.39 is 5.97 Å². The van der Waals surface area contributed by atoms with E-state index in [9.17, 15) is 9.59 Å². The first kappa shape index (κ1) is 10.2. The molecule has 0 aromatic heterocycles. The predicted molar refractivity (Wildman–Crippen MR) is 51.7 cm³/mol. The molecule has 0 spiro atoms. The van der Waals surface area contributed by atoms with Crippen LogP contribution in [0.5, 0.6) is 0 Å². The Labute approximate surface area is 82.0 Å². The lowest BCUT2D eigenvalue weighted by molar-refractivity contribution is -0.112. The summed E-state index contributed by atoms with van der Waals surface area (Å²) in [6.45, 7) is 1.38. The van der Waals surface area contributed by atoms with Crippen LogP contribution in [0.4, 0.5) is 0 Å². The molecular weight excluding hydrogens is 180 g/mol. The third-order valence-electron chi connectivity index (χ3n) is 1.49. The molecule has 3 nitrogen and oxygen atoms in total. The highest BCUT2D eigenvalue weighted by Gasteiger charge is 2.02. The molecule has 0 radical (unpaired) electrons. The van der Waals surface area contributed by atoms with Gasteiger partial charge in [-0.1, -0.05) is 18.2 Å². The number of ether oxygens (including phenoxy) is 1. The van der Waals surface area contributed by atoms with E-state index in [1.807, 2.05) is 6.07 Å². The van der Waals surface area contributed by atoms with Crippen molar-refractivity contribution in [1.29, 1.82) is 0 Å². The van der Waals surface area contributed by atoms with Crippen molar-refractivity contribution in [2.45, 2.75) is 6.92 Å². The average molecular weight is 190 g/mol. The van der Waals surface area contributed by atoms with Crippen LogP contribution < -0.4 is 0 Å². The van der Waals surface area contributed by atoms with Crippen LogP contribution in [0.1, 0.15) is 17.3 Å². The lowest BCUT2D eigenvalue weighted by atomic mass is 10.2. The summed E-state index contributed by atoms with van der Waals surface area (Å²) >= 11 is 0. The van der Waals surface area contributed by atoms with Gasteiger partial charge in [0, 0.05) is 6.08 Å². The molecule has 1 rings (SSSR count). The van der Waals surface area contributed by atoms with Gasteiger partial charge in [-0.2, -0.15) is 0 Å². The number of esters is 1. The molecule has 1 aromatic rings. The summed E-state index contributed by atoms with van der Waals surface area (Å²) in [5, 5.41) is 0. The van der Waals surface area contributed by atoms with E-state index in [-0.39, 0.29) is 5.78 Å². The van der Waals surface area contributed by atoms with Crippen LogP contribution in [-0.4, -0.2) is 11.8 Å². The number of hydrogen-bond donors (Lipinski definition) is 0. The normalized spacial score (nSPS) is 10.1. The van der Waals surface area contributed by atoms with E-state index in [1.165, 1.54) is 13.0 Å². The molecule has 0 saturated carbocycles. The molecule has 0 atom stereocenters. The van der Waals surface area contributed by atoms with Gasteiger partial charge in [0.05, 0.1) is 11.8 Å². The topological polar surface area (TPSA) is 43.4 Å². The second kappa shape index (κ2) is 4.97. The lowest BCUT2D eigenvalue weighted by Gasteiger charge is -1.97. The molecule has 0 bridgehead atoms. The monoisotopic (exact) mass is 190 g/mol. The third-order valence-corrected chi connectivity index (χ3v) is 1.49. The molecule has 0 aliphatic rings. The van der Waals surface area contributed by atoms with E-state index in [4.69, 9.17) is 4.74 Å². The average Bonchev–Trinajstić information content (AvgIpc) is 2.18. The zero-order valence-electron chi connectivity index (χ0n) is 7.77. The minimum Gasteiger partial charge on any atom is -0.431 e.